The summed E-state index contributed by atoms with van der Waals surface area (Å²) in [6.45, 7) is 3.36. The third-order valence-electron chi connectivity index (χ3n) is 3.23. The Labute approximate surface area is 109 Å². The molecule has 0 heterocycles. The number of ether oxygens (including phenoxy) is 1. The van der Waals surface area contributed by atoms with Gasteiger partial charge in [0.1, 0.15) is 5.82 Å². The topological polar surface area (TPSA) is 38.5 Å². The van der Waals surface area contributed by atoms with Crippen LogP contribution in [0.5, 0.6) is 0 Å². The molecule has 0 aliphatic heterocycles. The lowest BCUT2D eigenvalue weighted by atomic mass is 10.1. The van der Waals surface area contributed by atoms with Crippen LogP contribution in [0.4, 0.5) is 4.39 Å². The molecule has 1 aromatic carbocycles. The van der Waals surface area contributed by atoms with Crippen LogP contribution in [0.15, 0.2) is 24.3 Å². The lowest BCUT2D eigenvalue weighted by Gasteiger charge is -2.28. The van der Waals surface area contributed by atoms with Gasteiger partial charge in [0, 0.05) is 37.9 Å². The van der Waals surface area contributed by atoms with E-state index in [0.717, 1.165) is 13.0 Å². The van der Waals surface area contributed by atoms with Gasteiger partial charge in [0.2, 0.25) is 0 Å². The molecule has 0 amide bonds. The quantitative estimate of drug-likeness (QED) is 0.810. The van der Waals surface area contributed by atoms with Gasteiger partial charge in [-0.3, -0.25) is 4.90 Å². The molecule has 2 N–H and O–H groups in total. The number of nitrogens with two attached hydrogens (primary N) is 1. The van der Waals surface area contributed by atoms with Crippen molar-refractivity contribution >= 4 is 0 Å². The Hall–Kier alpha value is -0.970. The predicted molar refractivity (Wildman–Crippen MR) is 71.9 cm³/mol. The monoisotopic (exact) mass is 254 g/mol. The Kier molecular flexibility index (Phi) is 6.25. The van der Waals surface area contributed by atoms with E-state index in [4.69, 9.17) is 10.5 Å². The molecule has 0 saturated carbocycles. The fraction of sp³-hybridized carbons (Fsp3) is 0.571. The van der Waals surface area contributed by atoms with Crippen LogP contribution in [0.1, 0.15) is 24.9 Å². The van der Waals surface area contributed by atoms with Gasteiger partial charge in [-0.05, 0) is 26.5 Å². The van der Waals surface area contributed by atoms with Gasteiger partial charge in [0.15, 0.2) is 0 Å². The molecule has 18 heavy (non-hydrogen) atoms. The Bertz CT molecular complexity index is 359. The molecule has 0 aromatic heterocycles. The second-order valence-electron chi connectivity index (χ2n) is 4.68. The summed E-state index contributed by atoms with van der Waals surface area (Å²) < 4.78 is 18.7. The summed E-state index contributed by atoms with van der Waals surface area (Å²) in [5.74, 6) is -0.165. The number of halogens is 1. The van der Waals surface area contributed by atoms with E-state index in [-0.39, 0.29) is 17.9 Å². The Balaban J connectivity index is 2.56. The summed E-state index contributed by atoms with van der Waals surface area (Å²) in [6.07, 6.45) is 0.810. The molecule has 0 aliphatic carbocycles. The second kappa shape index (κ2) is 7.46. The van der Waals surface area contributed by atoms with Gasteiger partial charge in [-0.15, -0.1) is 0 Å². The van der Waals surface area contributed by atoms with Crippen molar-refractivity contribution in [2.24, 2.45) is 5.73 Å². The molecule has 1 aromatic rings. The Morgan fingerprint density at radius 1 is 1.39 bits per heavy atom. The van der Waals surface area contributed by atoms with Crippen LogP contribution in [0, 0.1) is 5.82 Å². The fourth-order valence-corrected chi connectivity index (χ4v) is 1.94. The highest BCUT2D eigenvalue weighted by atomic mass is 19.1. The molecule has 2 atom stereocenters. The highest BCUT2D eigenvalue weighted by Crippen LogP contribution is 2.21. The predicted octanol–water partition coefficient (Wildman–Crippen LogP) is 2.18. The zero-order valence-electron chi connectivity index (χ0n) is 11.4. The SMILES string of the molecule is COCCC(N)CN(C)C(C)c1ccccc1F. The van der Waals surface area contributed by atoms with Crippen molar-refractivity contribution in [2.75, 3.05) is 27.3 Å². The van der Waals surface area contributed by atoms with E-state index in [0.29, 0.717) is 12.2 Å². The minimum atomic E-state index is -0.165. The lowest BCUT2D eigenvalue weighted by Crippen LogP contribution is -2.37. The molecular formula is C14H23FN2O. The van der Waals surface area contributed by atoms with E-state index in [1.165, 1.54) is 6.07 Å². The minimum Gasteiger partial charge on any atom is -0.385 e. The van der Waals surface area contributed by atoms with Gasteiger partial charge in [-0.2, -0.15) is 0 Å². The van der Waals surface area contributed by atoms with Gasteiger partial charge in [0.25, 0.3) is 0 Å². The summed E-state index contributed by atoms with van der Waals surface area (Å²) >= 11 is 0. The maximum Gasteiger partial charge on any atom is 0.127 e. The average molecular weight is 254 g/mol. The minimum absolute atomic E-state index is 0.0137. The third-order valence-corrected chi connectivity index (χ3v) is 3.23. The molecular weight excluding hydrogens is 231 g/mol. The van der Waals surface area contributed by atoms with Crippen LogP contribution >= 0.6 is 0 Å². The van der Waals surface area contributed by atoms with Crippen molar-refractivity contribution in [2.45, 2.75) is 25.4 Å². The van der Waals surface area contributed by atoms with E-state index >= 15 is 0 Å². The number of rotatable bonds is 7. The van der Waals surface area contributed by atoms with E-state index in [2.05, 4.69) is 4.90 Å². The highest BCUT2D eigenvalue weighted by Gasteiger charge is 2.17. The standard InChI is InChI=1S/C14H23FN2O/c1-11(13-6-4-5-7-14(13)15)17(2)10-12(16)8-9-18-3/h4-7,11-12H,8-10,16H2,1-3H3. The largest absolute Gasteiger partial charge is 0.385 e. The summed E-state index contributed by atoms with van der Waals surface area (Å²) in [7, 11) is 3.63. The lowest BCUT2D eigenvalue weighted by molar-refractivity contribution is 0.172. The van der Waals surface area contributed by atoms with Gasteiger partial charge < -0.3 is 10.5 Å². The molecule has 4 heteroatoms. The molecule has 3 nitrogen and oxygen atoms in total. The molecule has 0 radical (unpaired) electrons. The van der Waals surface area contributed by atoms with E-state index in [9.17, 15) is 4.39 Å². The van der Waals surface area contributed by atoms with Crippen LogP contribution in [0.25, 0.3) is 0 Å². The first-order chi connectivity index (χ1) is 8.56. The summed E-state index contributed by atoms with van der Waals surface area (Å²) in [5, 5.41) is 0. The fourth-order valence-electron chi connectivity index (χ4n) is 1.94. The molecule has 0 aliphatic rings. The third kappa shape index (κ3) is 4.37. The second-order valence-corrected chi connectivity index (χ2v) is 4.68. The summed E-state index contributed by atoms with van der Waals surface area (Å²) in [6, 6.07) is 6.93. The van der Waals surface area contributed by atoms with Crippen LogP contribution in [0.2, 0.25) is 0 Å². The van der Waals surface area contributed by atoms with Gasteiger partial charge in [0.05, 0.1) is 0 Å². The van der Waals surface area contributed by atoms with Gasteiger partial charge >= 0.3 is 0 Å². The van der Waals surface area contributed by atoms with Crippen LogP contribution in [-0.2, 0) is 4.74 Å². The van der Waals surface area contributed by atoms with Crippen molar-refractivity contribution in [1.82, 2.24) is 4.90 Å². The Morgan fingerprint density at radius 2 is 2.06 bits per heavy atom. The van der Waals surface area contributed by atoms with Crippen LogP contribution in [0.3, 0.4) is 0 Å². The molecule has 0 bridgehead atoms. The molecule has 2 unspecified atom stereocenters. The van der Waals surface area contributed by atoms with Crippen molar-refractivity contribution in [3.05, 3.63) is 35.6 Å². The number of nitrogens with zero attached hydrogens (tertiary/aromatic N) is 1. The number of hydrogen-bond acceptors (Lipinski definition) is 3. The van der Waals surface area contributed by atoms with Crippen LogP contribution < -0.4 is 5.73 Å². The summed E-state index contributed by atoms with van der Waals surface area (Å²) in [4.78, 5) is 2.07. The average Bonchev–Trinajstić information content (AvgIpc) is 2.36. The molecule has 0 spiro atoms. The van der Waals surface area contributed by atoms with Gasteiger partial charge in [-0.25, -0.2) is 4.39 Å². The maximum absolute atomic E-state index is 13.7. The number of methoxy groups -OCH3 is 1. The maximum atomic E-state index is 13.7. The normalized spacial score (nSPS) is 14.8. The van der Waals surface area contributed by atoms with E-state index < -0.39 is 0 Å². The first kappa shape index (κ1) is 15.1. The summed E-state index contributed by atoms with van der Waals surface area (Å²) in [5.41, 5.74) is 6.71. The van der Waals surface area contributed by atoms with E-state index in [1.54, 1.807) is 13.2 Å². The van der Waals surface area contributed by atoms with Crippen molar-refractivity contribution in [1.29, 1.82) is 0 Å². The smallest absolute Gasteiger partial charge is 0.127 e. The highest BCUT2D eigenvalue weighted by molar-refractivity contribution is 5.20. The Morgan fingerprint density at radius 3 is 2.67 bits per heavy atom. The zero-order valence-corrected chi connectivity index (χ0v) is 11.4. The molecule has 0 fully saturated rings. The molecule has 102 valence electrons. The van der Waals surface area contributed by atoms with E-state index in [1.807, 2.05) is 26.1 Å². The van der Waals surface area contributed by atoms with Crippen molar-refractivity contribution < 1.29 is 9.13 Å². The zero-order chi connectivity index (χ0) is 13.5. The number of benzene rings is 1. The van der Waals surface area contributed by atoms with Crippen LogP contribution in [-0.4, -0.2) is 38.3 Å². The first-order valence-corrected chi connectivity index (χ1v) is 6.25. The number of likely N-dealkylation sites (N-methyl/N-ethyl adjacent to an activating group) is 1. The van der Waals surface area contributed by atoms with Crippen molar-refractivity contribution in [3.63, 3.8) is 0 Å². The molecule has 1 rings (SSSR count). The van der Waals surface area contributed by atoms with Gasteiger partial charge in [-0.1, -0.05) is 18.2 Å². The number of hydrogen-bond donors (Lipinski definition) is 1. The first-order valence-electron chi connectivity index (χ1n) is 6.25. The molecule has 0 saturated heterocycles. The van der Waals surface area contributed by atoms with Crippen molar-refractivity contribution in [3.8, 4) is 0 Å².